The van der Waals surface area contributed by atoms with Crippen LogP contribution in [-0.2, 0) is 26.7 Å². The molecule has 0 radical (unpaired) electrons. The third-order valence-electron chi connectivity index (χ3n) is 11.0. The first-order valence-corrected chi connectivity index (χ1v) is 19.3. The minimum absolute atomic E-state index is 0.00731. The number of nitrogens with zero attached hydrogens (tertiary/aromatic N) is 2. The van der Waals surface area contributed by atoms with Gasteiger partial charge in [0, 0.05) is 42.2 Å². The van der Waals surface area contributed by atoms with Crippen molar-refractivity contribution in [2.75, 3.05) is 37.7 Å². The van der Waals surface area contributed by atoms with Gasteiger partial charge in [0.2, 0.25) is 15.9 Å². The van der Waals surface area contributed by atoms with Crippen LogP contribution < -0.4 is 14.4 Å². The zero-order chi connectivity index (χ0) is 34.3. The smallest absolute Gasteiger partial charge is 0.264 e. The van der Waals surface area contributed by atoms with Crippen LogP contribution in [0.15, 0.2) is 48.6 Å². The van der Waals surface area contributed by atoms with E-state index in [2.05, 4.69) is 21.8 Å². The van der Waals surface area contributed by atoms with E-state index in [1.807, 2.05) is 30.0 Å². The van der Waals surface area contributed by atoms with Crippen molar-refractivity contribution in [1.29, 1.82) is 0 Å². The average Bonchev–Trinajstić information content (AvgIpc) is 3.13. The van der Waals surface area contributed by atoms with E-state index >= 15 is 0 Å². The Labute approximate surface area is 289 Å². The van der Waals surface area contributed by atoms with Crippen molar-refractivity contribution in [3.05, 3.63) is 70.3 Å². The quantitative estimate of drug-likeness (QED) is 0.310. The molecular formula is C37H48ClN3O6S. The number of hydrogen-bond acceptors (Lipinski definition) is 7. The summed E-state index contributed by atoms with van der Waals surface area (Å²) in [5.74, 6) is -0.105. The molecule has 0 aromatic heterocycles. The van der Waals surface area contributed by atoms with Crippen LogP contribution in [0.25, 0.3) is 0 Å². The summed E-state index contributed by atoms with van der Waals surface area (Å²) in [7, 11) is -3.83. The number of halogens is 1. The molecule has 6 rings (SSSR count). The standard InChI is InChI=1S/C37H48ClN3O6S/c1-4-5-16-37(44,21-34(42)40-17-7-18-40)31-12-9-28(31)22-41-23-36(15-6-8-26-19-29(38)11-13-30(26)36)24-47-33-14-10-27(20-32(33)41)35(43)39-48(45,46)25(2)3/h5,10-11,13-14,16,19-20,25,28,31,44H,4,6-9,12,15,17-18,21-24H2,1-3H3,(H,39,43)/b16-5+/t28-,31+,36-,37+/m0/s1. The summed E-state index contributed by atoms with van der Waals surface area (Å²) in [4.78, 5) is 30.5. The van der Waals surface area contributed by atoms with Gasteiger partial charge in [-0.15, -0.1) is 0 Å². The Morgan fingerprint density at radius 1 is 1.17 bits per heavy atom. The maximum Gasteiger partial charge on any atom is 0.264 e. The van der Waals surface area contributed by atoms with E-state index in [9.17, 15) is 23.1 Å². The van der Waals surface area contributed by atoms with Gasteiger partial charge in [-0.25, -0.2) is 13.1 Å². The van der Waals surface area contributed by atoms with Crippen LogP contribution in [0.3, 0.4) is 0 Å². The summed E-state index contributed by atoms with van der Waals surface area (Å²) in [5.41, 5.74) is 1.78. The molecule has 2 heterocycles. The Balaban J connectivity index is 1.35. The van der Waals surface area contributed by atoms with Crippen LogP contribution >= 0.6 is 11.6 Å². The van der Waals surface area contributed by atoms with Gasteiger partial charge >= 0.3 is 0 Å². The SMILES string of the molecule is CC/C=C/[C@@](O)(CC(=O)N1CCC1)[C@@H]1CC[C@H]1CN1C[C@@]2(CCCc3cc(Cl)ccc32)COc2ccc(C(=O)NS(=O)(=O)C(C)C)cc21. The second-order valence-electron chi connectivity index (χ2n) is 14.5. The summed E-state index contributed by atoms with van der Waals surface area (Å²) in [6, 6.07) is 11.2. The highest BCUT2D eigenvalue weighted by molar-refractivity contribution is 7.90. The lowest BCUT2D eigenvalue weighted by atomic mass is 9.63. The Hall–Kier alpha value is -3.08. The highest BCUT2D eigenvalue weighted by atomic mass is 35.5. The molecule has 11 heteroatoms. The van der Waals surface area contributed by atoms with Crippen molar-refractivity contribution < 1.29 is 27.9 Å². The van der Waals surface area contributed by atoms with E-state index in [-0.39, 0.29) is 35.1 Å². The minimum atomic E-state index is -3.83. The van der Waals surface area contributed by atoms with E-state index < -0.39 is 26.8 Å². The number of ether oxygens (including phenoxy) is 1. The van der Waals surface area contributed by atoms with Crippen LogP contribution in [0.1, 0.15) is 87.2 Å². The molecule has 2 aliphatic carbocycles. The number of hydrogen-bond donors (Lipinski definition) is 2. The first kappa shape index (κ1) is 34.8. The molecular weight excluding hydrogens is 650 g/mol. The van der Waals surface area contributed by atoms with Crippen molar-refractivity contribution in [2.45, 2.75) is 88.4 Å². The molecule has 2 fully saturated rings. The maximum absolute atomic E-state index is 13.3. The number of rotatable bonds is 10. The van der Waals surface area contributed by atoms with Gasteiger partial charge in [0.15, 0.2) is 0 Å². The number of fused-ring (bicyclic) bond motifs is 3. The highest BCUT2D eigenvalue weighted by Crippen LogP contribution is 2.49. The molecule has 1 saturated heterocycles. The molecule has 4 aliphatic rings. The summed E-state index contributed by atoms with van der Waals surface area (Å²) < 4.78 is 33.9. The van der Waals surface area contributed by atoms with E-state index in [0.717, 1.165) is 63.7 Å². The molecule has 2 aliphatic heterocycles. The van der Waals surface area contributed by atoms with Crippen LogP contribution in [0.5, 0.6) is 5.75 Å². The summed E-state index contributed by atoms with van der Waals surface area (Å²) in [6.07, 6.45) is 10.2. The van der Waals surface area contributed by atoms with Crippen molar-refractivity contribution in [3.63, 3.8) is 0 Å². The third-order valence-corrected chi connectivity index (χ3v) is 12.9. The van der Waals surface area contributed by atoms with Crippen molar-refractivity contribution in [1.82, 2.24) is 9.62 Å². The van der Waals surface area contributed by atoms with Gasteiger partial charge in [-0.2, -0.15) is 0 Å². The number of amides is 2. The van der Waals surface area contributed by atoms with Gasteiger partial charge in [0.25, 0.3) is 5.91 Å². The lowest BCUT2D eigenvalue weighted by Crippen LogP contribution is -2.54. The molecule has 2 N–H and O–H groups in total. The second kappa shape index (κ2) is 13.7. The van der Waals surface area contributed by atoms with E-state index in [4.69, 9.17) is 16.3 Å². The van der Waals surface area contributed by atoms with Crippen LogP contribution in [0.4, 0.5) is 5.69 Å². The summed E-state index contributed by atoms with van der Waals surface area (Å²) >= 11 is 6.43. The Kier molecular flexibility index (Phi) is 9.91. The van der Waals surface area contributed by atoms with E-state index in [1.165, 1.54) is 25.0 Å². The fraction of sp³-hybridized carbons (Fsp3) is 0.568. The summed E-state index contributed by atoms with van der Waals surface area (Å²) in [6.45, 7) is 8.21. The van der Waals surface area contributed by atoms with Gasteiger partial charge in [0.05, 0.1) is 29.6 Å². The second-order valence-corrected chi connectivity index (χ2v) is 17.1. The number of aliphatic hydroxyl groups is 1. The average molecular weight is 698 g/mol. The summed E-state index contributed by atoms with van der Waals surface area (Å²) in [5, 5.41) is 12.1. The monoisotopic (exact) mass is 697 g/mol. The Morgan fingerprint density at radius 2 is 1.96 bits per heavy atom. The highest BCUT2D eigenvalue weighted by Gasteiger charge is 2.49. The third kappa shape index (κ3) is 6.85. The van der Waals surface area contributed by atoms with Gasteiger partial charge in [0.1, 0.15) is 5.75 Å². The molecule has 260 valence electrons. The number of allylic oxidation sites excluding steroid dienone is 1. The Bertz CT molecular complexity index is 1690. The number of benzene rings is 2. The fourth-order valence-electron chi connectivity index (χ4n) is 7.85. The van der Waals surface area contributed by atoms with Crippen LogP contribution in [-0.4, -0.2) is 73.9 Å². The van der Waals surface area contributed by atoms with Gasteiger partial charge in [-0.3, -0.25) is 9.59 Å². The van der Waals surface area contributed by atoms with Crippen molar-refractivity contribution >= 4 is 39.1 Å². The normalized spacial score (nSPS) is 25.0. The Morgan fingerprint density at radius 3 is 2.62 bits per heavy atom. The molecule has 1 spiro atoms. The van der Waals surface area contributed by atoms with Gasteiger partial charge in [-0.05, 0) is 112 Å². The predicted octanol–water partition coefficient (Wildman–Crippen LogP) is 5.63. The van der Waals surface area contributed by atoms with E-state index in [0.29, 0.717) is 30.5 Å². The molecule has 1 saturated carbocycles. The zero-order valence-electron chi connectivity index (χ0n) is 28.2. The first-order valence-electron chi connectivity index (χ1n) is 17.4. The molecule has 0 bridgehead atoms. The fourth-order valence-corrected chi connectivity index (χ4v) is 8.65. The molecule has 48 heavy (non-hydrogen) atoms. The minimum Gasteiger partial charge on any atom is -0.490 e. The van der Waals surface area contributed by atoms with Crippen LogP contribution in [0.2, 0.25) is 5.02 Å². The van der Waals surface area contributed by atoms with Gasteiger partial charge in [-0.1, -0.05) is 36.7 Å². The first-order chi connectivity index (χ1) is 22.8. The van der Waals surface area contributed by atoms with Crippen LogP contribution in [0, 0.1) is 11.8 Å². The number of aryl methyl sites for hydroxylation is 1. The lowest BCUT2D eigenvalue weighted by Gasteiger charge is -2.49. The van der Waals surface area contributed by atoms with Crippen molar-refractivity contribution in [3.8, 4) is 5.75 Å². The largest absolute Gasteiger partial charge is 0.490 e. The van der Waals surface area contributed by atoms with Gasteiger partial charge < -0.3 is 19.6 Å². The molecule has 9 nitrogen and oxygen atoms in total. The number of sulfonamides is 1. The van der Waals surface area contributed by atoms with E-state index in [1.54, 1.807) is 18.2 Å². The predicted molar refractivity (Wildman–Crippen MR) is 188 cm³/mol. The molecule has 4 atom stereocenters. The number of anilines is 1. The molecule has 2 aromatic carbocycles. The topological polar surface area (TPSA) is 116 Å². The zero-order valence-corrected chi connectivity index (χ0v) is 29.8. The van der Waals surface area contributed by atoms with Crippen molar-refractivity contribution in [2.24, 2.45) is 11.8 Å². The lowest BCUT2D eigenvalue weighted by molar-refractivity contribution is -0.143. The number of nitrogens with one attached hydrogen (secondary N) is 1. The number of carbonyl (C=O) groups is 2. The molecule has 2 amide bonds. The number of carbonyl (C=O) groups excluding carboxylic acids is 2. The maximum atomic E-state index is 13.3. The molecule has 0 unspecified atom stereocenters. The number of likely N-dealkylation sites (tertiary alicyclic amines) is 1. The molecule has 2 aromatic rings.